The van der Waals surface area contributed by atoms with E-state index in [-0.39, 0.29) is 77.0 Å². The lowest BCUT2D eigenvalue weighted by atomic mass is 9.55. The third-order valence-corrected chi connectivity index (χ3v) is 11.6. The minimum atomic E-state index is -1.45. The van der Waals surface area contributed by atoms with Gasteiger partial charge in [0.1, 0.15) is 28.9 Å². The molecule has 2 aliphatic carbocycles. The highest BCUT2D eigenvalue weighted by molar-refractivity contribution is 6.03. The number of aliphatic hydroxyl groups is 3. The van der Waals surface area contributed by atoms with Crippen LogP contribution in [0.4, 0.5) is 4.79 Å². The highest BCUT2D eigenvalue weighted by Crippen LogP contribution is 2.62. The molecule has 1 heterocycles. The SMILES string of the molecule is C=CCOC12Oc3ccc(Oc4ccc5ccccc5c4)cc3C3C(CCCCO)C(CCCCO)C=C(C(=NOC(C)(C)C)CC1N(CCOCCO)C(=O)OCC)C32. The van der Waals surface area contributed by atoms with E-state index >= 15 is 0 Å². The summed E-state index contributed by atoms with van der Waals surface area (Å²) in [6.07, 6.45) is 8.25. The van der Waals surface area contributed by atoms with Gasteiger partial charge in [0.15, 0.2) is 0 Å². The fourth-order valence-corrected chi connectivity index (χ4v) is 9.18. The van der Waals surface area contributed by atoms with E-state index in [1.807, 2.05) is 57.2 Å². The molecule has 1 saturated carbocycles. The van der Waals surface area contributed by atoms with Crippen molar-refractivity contribution in [3.05, 3.63) is 90.5 Å². The molecule has 0 bridgehead atoms. The standard InChI is InChI=1S/C48H64N2O10/c1-6-26-57-48-43(50(46(54)56-7-2)22-27-55-28-25-53)32-41(49-60-47(3,4)5)39-30-35(16-10-12-23-51)38(17-11-13-24-52)44(45(39)48)40-31-37(20-21-42(40)59-48)58-36-19-18-33-14-8-9-15-34(33)29-36/h6,8-9,14-15,18-21,29-31,35,38,43-45,51-53H,1,7,10-13,16-17,22-28,32H2,2-5H3. The molecule has 3 aliphatic rings. The Morgan fingerprint density at radius 2 is 1.68 bits per heavy atom. The van der Waals surface area contributed by atoms with Crippen molar-refractivity contribution in [2.75, 3.05) is 52.8 Å². The van der Waals surface area contributed by atoms with E-state index in [2.05, 4.69) is 36.9 Å². The minimum absolute atomic E-state index is 0.0433. The lowest BCUT2D eigenvalue weighted by Crippen LogP contribution is -2.70. The summed E-state index contributed by atoms with van der Waals surface area (Å²) in [6.45, 7) is 12.3. The molecule has 1 fully saturated rings. The lowest BCUT2D eigenvalue weighted by molar-refractivity contribution is -0.256. The molecule has 326 valence electrons. The molecule has 0 radical (unpaired) electrons. The van der Waals surface area contributed by atoms with Crippen LogP contribution in [-0.2, 0) is 19.0 Å². The van der Waals surface area contributed by atoms with Gasteiger partial charge >= 0.3 is 6.09 Å². The van der Waals surface area contributed by atoms with Crippen molar-refractivity contribution < 1.29 is 48.6 Å². The zero-order valence-electron chi connectivity index (χ0n) is 35.7. The second kappa shape index (κ2) is 20.9. The zero-order chi connectivity index (χ0) is 42.7. The first-order valence-electron chi connectivity index (χ1n) is 21.6. The van der Waals surface area contributed by atoms with E-state index in [9.17, 15) is 20.1 Å². The molecule has 0 saturated heterocycles. The number of benzene rings is 3. The Morgan fingerprint density at radius 3 is 2.40 bits per heavy atom. The second-order valence-corrected chi connectivity index (χ2v) is 16.8. The average Bonchev–Trinajstić information content (AvgIpc) is 3.23. The van der Waals surface area contributed by atoms with Gasteiger partial charge < -0.3 is 43.8 Å². The van der Waals surface area contributed by atoms with Gasteiger partial charge in [-0.3, -0.25) is 4.90 Å². The quantitative estimate of drug-likeness (QED) is 0.0542. The van der Waals surface area contributed by atoms with Crippen molar-refractivity contribution in [1.29, 1.82) is 0 Å². The van der Waals surface area contributed by atoms with Crippen LogP contribution >= 0.6 is 0 Å². The van der Waals surface area contributed by atoms with E-state index in [0.29, 0.717) is 35.8 Å². The topological polar surface area (TPSA) is 149 Å². The summed E-state index contributed by atoms with van der Waals surface area (Å²) in [6, 6.07) is 19.4. The lowest BCUT2D eigenvalue weighted by Gasteiger charge is -2.59. The number of aliphatic hydroxyl groups excluding tert-OH is 3. The van der Waals surface area contributed by atoms with E-state index in [4.69, 9.17) is 33.7 Å². The normalized spacial score (nSPS) is 23.9. The van der Waals surface area contributed by atoms with E-state index < -0.39 is 29.4 Å². The summed E-state index contributed by atoms with van der Waals surface area (Å²) in [4.78, 5) is 22.0. The monoisotopic (exact) mass is 828 g/mol. The summed E-state index contributed by atoms with van der Waals surface area (Å²) in [5.41, 5.74) is 1.96. The van der Waals surface area contributed by atoms with Crippen LogP contribution in [0.25, 0.3) is 10.8 Å². The van der Waals surface area contributed by atoms with Crippen molar-refractivity contribution in [2.24, 2.45) is 22.9 Å². The first-order valence-corrected chi connectivity index (χ1v) is 21.6. The maximum absolute atomic E-state index is 14.2. The Hall–Kier alpha value is -4.46. The average molecular weight is 829 g/mol. The van der Waals surface area contributed by atoms with E-state index in [0.717, 1.165) is 47.6 Å². The molecule has 1 aliphatic heterocycles. The van der Waals surface area contributed by atoms with Crippen molar-refractivity contribution in [1.82, 2.24) is 4.90 Å². The van der Waals surface area contributed by atoms with Gasteiger partial charge in [-0.15, -0.1) is 6.58 Å². The van der Waals surface area contributed by atoms with Crippen LogP contribution in [-0.4, -0.2) is 102 Å². The van der Waals surface area contributed by atoms with Crippen LogP contribution in [0.1, 0.15) is 84.1 Å². The first-order chi connectivity index (χ1) is 29.1. The molecular formula is C48H64N2O10. The molecule has 6 atom stereocenters. The molecule has 0 aromatic heterocycles. The highest BCUT2D eigenvalue weighted by Gasteiger charge is 2.65. The Morgan fingerprint density at radius 1 is 0.950 bits per heavy atom. The largest absolute Gasteiger partial charge is 0.459 e. The Kier molecular flexibility index (Phi) is 15.7. The molecule has 12 nitrogen and oxygen atoms in total. The third-order valence-electron chi connectivity index (χ3n) is 11.6. The van der Waals surface area contributed by atoms with Gasteiger partial charge in [-0.1, -0.05) is 60.5 Å². The molecule has 6 unspecified atom stereocenters. The van der Waals surface area contributed by atoms with Gasteiger partial charge in [0.25, 0.3) is 0 Å². The summed E-state index contributed by atoms with van der Waals surface area (Å²) in [7, 11) is 0. The second-order valence-electron chi connectivity index (χ2n) is 16.8. The molecule has 1 amide bonds. The minimum Gasteiger partial charge on any atom is -0.459 e. The van der Waals surface area contributed by atoms with Crippen LogP contribution in [0.5, 0.6) is 17.2 Å². The van der Waals surface area contributed by atoms with Crippen molar-refractivity contribution in [3.8, 4) is 17.2 Å². The van der Waals surface area contributed by atoms with Crippen LogP contribution in [0.2, 0.25) is 0 Å². The Balaban J connectivity index is 1.58. The van der Waals surface area contributed by atoms with Gasteiger partial charge in [0.05, 0.1) is 44.7 Å². The molecule has 3 aromatic rings. The predicted molar refractivity (Wildman–Crippen MR) is 231 cm³/mol. The molecule has 6 rings (SSSR count). The Bertz CT molecular complexity index is 1960. The van der Waals surface area contributed by atoms with Gasteiger partial charge in [-0.2, -0.15) is 0 Å². The number of rotatable bonds is 21. The number of hydrogen-bond acceptors (Lipinski definition) is 11. The number of ether oxygens (including phenoxy) is 5. The van der Waals surface area contributed by atoms with Crippen LogP contribution in [0.15, 0.2) is 90.1 Å². The maximum Gasteiger partial charge on any atom is 0.410 e. The van der Waals surface area contributed by atoms with Crippen molar-refractivity contribution >= 4 is 22.6 Å². The number of oxime groups is 1. The van der Waals surface area contributed by atoms with E-state index in [1.54, 1.807) is 17.9 Å². The number of hydrogen-bond donors (Lipinski definition) is 3. The Labute approximate surface area is 354 Å². The third kappa shape index (κ3) is 10.3. The van der Waals surface area contributed by atoms with Crippen molar-refractivity contribution in [3.63, 3.8) is 0 Å². The number of carbonyl (C=O) groups is 1. The van der Waals surface area contributed by atoms with Crippen LogP contribution < -0.4 is 9.47 Å². The summed E-state index contributed by atoms with van der Waals surface area (Å²) < 4.78 is 32.4. The number of unbranched alkanes of at least 4 members (excludes halogenated alkanes) is 2. The summed E-state index contributed by atoms with van der Waals surface area (Å²) in [5, 5.41) is 36.4. The van der Waals surface area contributed by atoms with Gasteiger partial charge in [0, 0.05) is 37.7 Å². The van der Waals surface area contributed by atoms with Gasteiger partial charge in [-0.05, 0) is 112 Å². The zero-order valence-corrected chi connectivity index (χ0v) is 35.7. The fraction of sp³-hybridized carbons (Fsp3) is 0.542. The number of fused-ring (bicyclic) bond motifs is 3. The van der Waals surface area contributed by atoms with Gasteiger partial charge in [0.2, 0.25) is 5.79 Å². The number of allylic oxidation sites excluding steroid dienone is 1. The van der Waals surface area contributed by atoms with Crippen LogP contribution in [0, 0.1) is 17.8 Å². The molecule has 3 aromatic carbocycles. The smallest absolute Gasteiger partial charge is 0.410 e. The maximum atomic E-state index is 14.2. The van der Waals surface area contributed by atoms with E-state index in [1.165, 1.54) is 0 Å². The number of carbonyl (C=O) groups excluding carboxylic acids is 1. The molecule has 0 spiro atoms. The summed E-state index contributed by atoms with van der Waals surface area (Å²) in [5.74, 6) is -0.0792. The number of amides is 1. The van der Waals surface area contributed by atoms with Gasteiger partial charge in [-0.25, -0.2) is 4.79 Å². The van der Waals surface area contributed by atoms with Crippen molar-refractivity contribution in [2.45, 2.75) is 96.0 Å². The predicted octanol–water partition coefficient (Wildman–Crippen LogP) is 8.53. The molecule has 60 heavy (non-hydrogen) atoms. The first kappa shape index (κ1) is 45.1. The molecule has 3 N–H and O–H groups in total. The molecular weight excluding hydrogens is 765 g/mol. The van der Waals surface area contributed by atoms with Crippen LogP contribution in [0.3, 0.4) is 0 Å². The number of nitrogens with zero attached hydrogens (tertiary/aromatic N) is 2. The summed E-state index contributed by atoms with van der Waals surface area (Å²) >= 11 is 0. The highest BCUT2D eigenvalue weighted by atomic mass is 16.7. The molecule has 12 heteroatoms. The fourth-order valence-electron chi connectivity index (χ4n) is 9.18.